The van der Waals surface area contributed by atoms with Crippen LogP contribution in [0.25, 0.3) is 21.6 Å². The Labute approximate surface area is 241 Å². The lowest BCUT2D eigenvalue weighted by Gasteiger charge is -2.15. The Kier molecular flexibility index (Phi) is 7.98. The van der Waals surface area contributed by atoms with E-state index in [4.69, 9.17) is 32.7 Å². The Morgan fingerprint density at radius 2 is 1.59 bits per heavy atom. The highest BCUT2D eigenvalue weighted by Crippen LogP contribution is 2.49. The molecule has 5 rings (SSSR count). The number of ether oxygens (including phenoxy) is 2. The summed E-state index contributed by atoms with van der Waals surface area (Å²) in [5.41, 5.74) is 4.92. The van der Waals surface area contributed by atoms with Gasteiger partial charge in [0.05, 0.1) is 26.9 Å². The van der Waals surface area contributed by atoms with E-state index in [9.17, 15) is 9.59 Å². The lowest BCUT2D eigenvalue weighted by molar-refractivity contribution is -0.146. The number of carbonyl (C=O) groups is 2. The minimum Gasteiger partial charge on any atom is -0.465 e. The molecule has 0 saturated heterocycles. The Bertz CT molecular complexity index is 1490. The summed E-state index contributed by atoms with van der Waals surface area (Å²) in [7, 11) is 0. The van der Waals surface area contributed by atoms with Crippen LogP contribution >= 0.6 is 34.5 Å². The number of esters is 1. The zero-order valence-corrected chi connectivity index (χ0v) is 23.8. The van der Waals surface area contributed by atoms with Gasteiger partial charge >= 0.3 is 12.1 Å². The van der Waals surface area contributed by atoms with Gasteiger partial charge in [-0.05, 0) is 72.7 Å². The van der Waals surface area contributed by atoms with Crippen LogP contribution in [0.3, 0.4) is 0 Å². The first-order valence-corrected chi connectivity index (χ1v) is 14.3. The van der Waals surface area contributed by atoms with Gasteiger partial charge in [0.25, 0.3) is 0 Å². The molecule has 0 bridgehead atoms. The van der Waals surface area contributed by atoms with Gasteiger partial charge in [-0.3, -0.25) is 10.1 Å². The van der Waals surface area contributed by atoms with Crippen molar-refractivity contribution in [1.29, 1.82) is 0 Å². The van der Waals surface area contributed by atoms with Crippen molar-refractivity contribution in [3.63, 3.8) is 0 Å². The highest BCUT2D eigenvalue weighted by molar-refractivity contribution is 7.20. The van der Waals surface area contributed by atoms with Gasteiger partial charge in [-0.2, -0.15) is 0 Å². The Hall–Kier alpha value is -3.32. The van der Waals surface area contributed by atoms with Gasteiger partial charge in [-0.1, -0.05) is 83.9 Å². The minimum atomic E-state index is -0.578. The van der Waals surface area contributed by atoms with Gasteiger partial charge in [0.1, 0.15) is 6.10 Å². The quantitative estimate of drug-likeness (QED) is 0.211. The van der Waals surface area contributed by atoms with Crippen LogP contribution in [0.15, 0.2) is 78.9 Å². The molecular weight excluding hydrogens is 553 g/mol. The van der Waals surface area contributed by atoms with Crippen LogP contribution in [0, 0.1) is 0 Å². The topological polar surface area (TPSA) is 64.6 Å². The van der Waals surface area contributed by atoms with Crippen molar-refractivity contribution in [2.45, 2.75) is 38.2 Å². The molecule has 0 unspecified atom stereocenters. The molecule has 39 heavy (non-hydrogen) atoms. The third-order valence-electron chi connectivity index (χ3n) is 6.87. The third-order valence-corrected chi connectivity index (χ3v) is 8.42. The number of hydrogen-bond acceptors (Lipinski definition) is 5. The second-order valence-electron chi connectivity index (χ2n) is 9.48. The summed E-state index contributed by atoms with van der Waals surface area (Å²) < 4.78 is 11.4. The van der Waals surface area contributed by atoms with Crippen molar-refractivity contribution in [2.75, 3.05) is 11.9 Å². The van der Waals surface area contributed by atoms with Crippen molar-refractivity contribution >= 4 is 52.3 Å². The molecule has 1 fully saturated rings. The second-order valence-corrected chi connectivity index (χ2v) is 11.6. The molecule has 1 aliphatic carbocycles. The zero-order valence-electron chi connectivity index (χ0n) is 21.5. The lowest BCUT2D eigenvalue weighted by Crippen LogP contribution is -2.23. The fourth-order valence-corrected chi connectivity index (χ4v) is 5.98. The van der Waals surface area contributed by atoms with Crippen LogP contribution in [0.5, 0.6) is 0 Å². The van der Waals surface area contributed by atoms with E-state index in [0.717, 1.165) is 45.5 Å². The van der Waals surface area contributed by atoms with Gasteiger partial charge in [-0.15, -0.1) is 11.3 Å². The Morgan fingerprint density at radius 1 is 0.949 bits per heavy atom. The van der Waals surface area contributed by atoms with Gasteiger partial charge in [0.2, 0.25) is 0 Å². The first-order valence-electron chi connectivity index (χ1n) is 12.7. The normalized spacial score (nSPS) is 14.4. The van der Waals surface area contributed by atoms with E-state index in [1.807, 2.05) is 67.6 Å². The predicted molar refractivity (Wildman–Crippen MR) is 158 cm³/mol. The molecule has 1 atom stereocenters. The third kappa shape index (κ3) is 5.98. The van der Waals surface area contributed by atoms with Crippen molar-refractivity contribution in [1.82, 2.24) is 0 Å². The number of benzene rings is 3. The second kappa shape index (κ2) is 11.4. The van der Waals surface area contributed by atoms with Crippen molar-refractivity contribution in [2.24, 2.45) is 0 Å². The van der Waals surface area contributed by atoms with Gasteiger partial charge < -0.3 is 9.47 Å². The van der Waals surface area contributed by atoms with Crippen LogP contribution in [-0.4, -0.2) is 18.7 Å². The average molecular weight is 581 g/mol. The maximum Gasteiger partial charge on any atom is 0.412 e. The van der Waals surface area contributed by atoms with Gasteiger partial charge in [-0.25, -0.2) is 4.79 Å². The van der Waals surface area contributed by atoms with E-state index in [0.29, 0.717) is 21.7 Å². The summed E-state index contributed by atoms with van der Waals surface area (Å²) in [4.78, 5) is 25.9. The summed E-state index contributed by atoms with van der Waals surface area (Å²) in [6.07, 6.45) is 0.601. The molecule has 1 aromatic heterocycles. The number of halogens is 2. The van der Waals surface area contributed by atoms with E-state index < -0.39 is 17.6 Å². The molecule has 0 spiro atoms. The Balaban J connectivity index is 1.28. The smallest absolute Gasteiger partial charge is 0.412 e. The molecule has 1 heterocycles. The van der Waals surface area contributed by atoms with Crippen LogP contribution in [-0.2, 0) is 19.7 Å². The van der Waals surface area contributed by atoms with E-state index in [2.05, 4.69) is 5.32 Å². The van der Waals surface area contributed by atoms with Crippen LogP contribution in [0.4, 0.5) is 10.5 Å². The summed E-state index contributed by atoms with van der Waals surface area (Å²) in [5.74, 6) is -0.135. The number of thiophene rings is 1. The average Bonchev–Trinajstić information content (AvgIpc) is 3.66. The molecule has 1 amide bonds. The maximum atomic E-state index is 12.7. The largest absolute Gasteiger partial charge is 0.465 e. The molecule has 3 aromatic carbocycles. The number of rotatable bonds is 8. The molecule has 1 N–H and O–H groups in total. The first-order chi connectivity index (χ1) is 18.8. The van der Waals surface area contributed by atoms with E-state index >= 15 is 0 Å². The van der Waals surface area contributed by atoms with Gasteiger partial charge in [0.15, 0.2) is 0 Å². The van der Waals surface area contributed by atoms with Gasteiger partial charge in [0, 0.05) is 5.02 Å². The molecule has 0 radical (unpaired) electrons. The highest BCUT2D eigenvalue weighted by atomic mass is 35.5. The molecule has 5 nitrogen and oxygen atoms in total. The molecule has 200 valence electrons. The number of carbonyl (C=O) groups excluding carboxylic acids is 2. The van der Waals surface area contributed by atoms with Crippen molar-refractivity contribution in [3.8, 4) is 21.6 Å². The van der Waals surface area contributed by atoms with Crippen LogP contribution in [0.1, 0.15) is 43.9 Å². The molecule has 1 aliphatic rings. The zero-order chi connectivity index (χ0) is 27.6. The first kappa shape index (κ1) is 27.3. The number of nitrogens with one attached hydrogen (secondary N) is 1. The maximum absolute atomic E-state index is 12.7. The number of anilines is 1. The summed E-state index contributed by atoms with van der Waals surface area (Å²) >= 11 is 13.8. The molecule has 8 heteroatoms. The molecule has 0 aliphatic heterocycles. The van der Waals surface area contributed by atoms with E-state index in [-0.39, 0.29) is 5.97 Å². The molecular formula is C31H27Cl2NO4S. The van der Waals surface area contributed by atoms with E-state index in [1.165, 1.54) is 11.3 Å². The van der Waals surface area contributed by atoms with Crippen LogP contribution < -0.4 is 5.32 Å². The minimum absolute atomic E-state index is 0.135. The molecule has 4 aromatic rings. The van der Waals surface area contributed by atoms with E-state index in [1.54, 1.807) is 25.1 Å². The fraction of sp³-hybridized carbons (Fsp3) is 0.226. The van der Waals surface area contributed by atoms with Crippen molar-refractivity contribution < 1.29 is 19.1 Å². The summed E-state index contributed by atoms with van der Waals surface area (Å²) in [6.45, 7) is 4.01. The highest BCUT2D eigenvalue weighted by Gasteiger charge is 2.52. The van der Waals surface area contributed by atoms with Crippen LogP contribution in [0.2, 0.25) is 9.36 Å². The fourth-order valence-electron chi connectivity index (χ4n) is 4.60. The monoisotopic (exact) mass is 579 g/mol. The number of amides is 1. The lowest BCUT2D eigenvalue weighted by atomic mass is 9.93. The predicted octanol–water partition coefficient (Wildman–Crippen LogP) is 9.29. The summed E-state index contributed by atoms with van der Waals surface area (Å²) in [5, 5.41) is 3.41. The van der Waals surface area contributed by atoms with Crippen molar-refractivity contribution in [3.05, 3.63) is 99.3 Å². The SMILES string of the molecule is CCOC(=O)C1(c2ccc(-c3ccc(-c4sc(Cl)cc4NC(=O)O[C@H](C)c4cccc(Cl)c4)cc3)cc2)CC1. The molecule has 1 saturated carbocycles. The standard InChI is InChI=1S/C31H27Cl2NO4S/c1-3-37-29(35)31(15-16-31)24-13-11-21(12-14-24)20-7-9-22(10-8-20)28-26(18-27(33)39-28)34-30(36)38-19(2)23-5-4-6-25(32)17-23/h4-14,17-19H,3,15-16H2,1-2H3,(H,34,36)/t19-/m1/s1. The Morgan fingerprint density at radius 3 is 2.21 bits per heavy atom. The number of hydrogen-bond donors (Lipinski definition) is 1. The summed E-state index contributed by atoms with van der Waals surface area (Å²) in [6, 6.07) is 25.1.